The molecule has 0 unspecified atom stereocenters. The van der Waals surface area contributed by atoms with E-state index in [2.05, 4.69) is 150 Å². The number of aromatic nitrogens is 3. The van der Waals surface area contributed by atoms with Gasteiger partial charge in [0.1, 0.15) is 4.83 Å². The molecule has 0 aliphatic carbocycles. The van der Waals surface area contributed by atoms with Gasteiger partial charge in [0.25, 0.3) is 0 Å². The van der Waals surface area contributed by atoms with Crippen molar-refractivity contribution in [3.63, 3.8) is 0 Å². The highest BCUT2D eigenvalue weighted by Crippen LogP contribution is 2.40. The molecule has 0 aliphatic rings. The van der Waals surface area contributed by atoms with Crippen LogP contribution in [0.4, 0.5) is 0 Å². The molecule has 6 aromatic carbocycles. The Morgan fingerprint density at radius 1 is 0.455 bits per heavy atom. The molecule has 9 rings (SSSR count). The monoisotopic (exact) mass is 579 g/mol. The lowest BCUT2D eigenvalue weighted by atomic mass is 10.0. The fourth-order valence-electron chi connectivity index (χ4n) is 6.40. The Morgan fingerprint density at radius 3 is 1.98 bits per heavy atom. The average molecular weight is 580 g/mol. The number of benzene rings is 6. The summed E-state index contributed by atoms with van der Waals surface area (Å²) in [6, 6.07) is 53.7. The Kier molecular flexibility index (Phi) is 5.68. The number of para-hydroxylation sites is 1. The van der Waals surface area contributed by atoms with Crippen molar-refractivity contribution < 1.29 is 0 Å². The van der Waals surface area contributed by atoms with Gasteiger partial charge in [-0.25, -0.2) is 9.97 Å². The van der Waals surface area contributed by atoms with E-state index < -0.39 is 0 Å². The molecule has 0 atom stereocenters. The van der Waals surface area contributed by atoms with Crippen LogP contribution >= 0.6 is 11.3 Å². The largest absolute Gasteiger partial charge is 0.309 e. The first-order chi connectivity index (χ1) is 21.8. The maximum atomic E-state index is 5.25. The molecule has 3 heterocycles. The summed E-state index contributed by atoms with van der Waals surface area (Å²) in [5.41, 5.74) is 8.96. The van der Waals surface area contributed by atoms with E-state index in [-0.39, 0.29) is 0 Å². The Morgan fingerprint density at radius 2 is 1.14 bits per heavy atom. The van der Waals surface area contributed by atoms with Crippen LogP contribution in [0, 0.1) is 0 Å². The van der Waals surface area contributed by atoms with E-state index in [4.69, 9.17) is 9.97 Å². The molecule has 44 heavy (non-hydrogen) atoms. The van der Waals surface area contributed by atoms with E-state index in [1.54, 1.807) is 11.3 Å². The van der Waals surface area contributed by atoms with E-state index in [0.717, 1.165) is 44.1 Å². The van der Waals surface area contributed by atoms with Crippen molar-refractivity contribution in [2.45, 2.75) is 0 Å². The first-order valence-corrected chi connectivity index (χ1v) is 15.6. The Bertz CT molecular complexity index is 2490. The van der Waals surface area contributed by atoms with E-state index >= 15 is 0 Å². The van der Waals surface area contributed by atoms with Gasteiger partial charge in [0.15, 0.2) is 5.82 Å². The molecule has 3 nitrogen and oxygen atoms in total. The zero-order chi connectivity index (χ0) is 29.0. The molecule has 0 spiro atoms. The molecule has 0 saturated carbocycles. The van der Waals surface area contributed by atoms with Crippen LogP contribution in [-0.2, 0) is 0 Å². The summed E-state index contributed by atoms with van der Waals surface area (Å²) in [5.74, 6) is 0.743. The maximum Gasteiger partial charge on any atom is 0.161 e. The minimum Gasteiger partial charge on any atom is -0.309 e. The lowest BCUT2D eigenvalue weighted by Crippen LogP contribution is -1.95. The molecule has 206 valence electrons. The van der Waals surface area contributed by atoms with Crippen molar-refractivity contribution >= 4 is 53.4 Å². The second-order valence-corrected chi connectivity index (χ2v) is 12.1. The first kappa shape index (κ1) is 25.0. The molecule has 0 amide bonds. The fourth-order valence-corrected chi connectivity index (χ4v) is 7.48. The van der Waals surface area contributed by atoms with E-state index in [1.165, 1.54) is 37.5 Å². The van der Waals surface area contributed by atoms with E-state index in [0.29, 0.717) is 0 Å². The van der Waals surface area contributed by atoms with Crippen LogP contribution in [0.2, 0.25) is 0 Å². The Balaban J connectivity index is 1.27. The van der Waals surface area contributed by atoms with Gasteiger partial charge in [-0.3, -0.25) is 0 Å². The Hall–Kier alpha value is -5.58. The van der Waals surface area contributed by atoms with Gasteiger partial charge in [0, 0.05) is 43.1 Å². The molecule has 4 heteroatoms. The number of hydrogen-bond acceptors (Lipinski definition) is 3. The molecule has 0 radical (unpaired) electrons. The van der Waals surface area contributed by atoms with Crippen molar-refractivity contribution in [3.05, 3.63) is 152 Å². The molecule has 3 aromatic heterocycles. The fraction of sp³-hybridized carbons (Fsp3) is 0. The van der Waals surface area contributed by atoms with Gasteiger partial charge >= 0.3 is 0 Å². The number of fused-ring (bicyclic) bond motifs is 6. The third-order valence-corrected chi connectivity index (χ3v) is 9.49. The molecule has 9 aromatic rings. The number of thiophene rings is 1. The number of rotatable bonds is 4. The third kappa shape index (κ3) is 3.96. The van der Waals surface area contributed by atoms with Crippen molar-refractivity contribution in [1.82, 2.24) is 14.5 Å². The van der Waals surface area contributed by atoms with Gasteiger partial charge in [0.2, 0.25) is 0 Å². The molecule has 0 fully saturated rings. The van der Waals surface area contributed by atoms with Gasteiger partial charge in [0.05, 0.1) is 16.7 Å². The normalized spacial score (nSPS) is 11.6. The minimum atomic E-state index is 0.743. The predicted molar refractivity (Wildman–Crippen MR) is 186 cm³/mol. The van der Waals surface area contributed by atoms with Crippen LogP contribution in [0.3, 0.4) is 0 Å². The summed E-state index contributed by atoms with van der Waals surface area (Å²) >= 11 is 1.73. The molecule has 0 aliphatic heterocycles. The minimum absolute atomic E-state index is 0.743. The van der Waals surface area contributed by atoms with Gasteiger partial charge in [-0.2, -0.15) is 0 Å². The van der Waals surface area contributed by atoms with E-state index in [9.17, 15) is 0 Å². The van der Waals surface area contributed by atoms with Gasteiger partial charge in [-0.05, 0) is 53.6 Å². The summed E-state index contributed by atoms with van der Waals surface area (Å²) in [4.78, 5) is 11.4. The van der Waals surface area contributed by atoms with Gasteiger partial charge in [-0.15, -0.1) is 11.3 Å². The zero-order valence-corrected chi connectivity index (χ0v) is 24.5. The van der Waals surface area contributed by atoms with Gasteiger partial charge < -0.3 is 4.57 Å². The van der Waals surface area contributed by atoms with Crippen LogP contribution in [0.15, 0.2) is 152 Å². The average Bonchev–Trinajstić information content (AvgIpc) is 3.64. The Labute approximate surface area is 258 Å². The maximum absolute atomic E-state index is 5.25. The standard InChI is InChI=1S/C40H25N3S/c1-3-12-26(13-4-1)28-16-11-17-30(24-28)43-34-20-9-7-18-31(34)33-25-29(22-23-35(33)43)39-41-38(27-14-5-2-6-15-27)37-32-19-8-10-21-36(32)44-40(37)42-39/h1-25H. The third-order valence-electron chi connectivity index (χ3n) is 8.43. The van der Waals surface area contributed by atoms with Crippen LogP contribution in [0.5, 0.6) is 0 Å². The highest BCUT2D eigenvalue weighted by molar-refractivity contribution is 7.25. The predicted octanol–water partition coefficient (Wildman–Crippen LogP) is 10.9. The quantitative estimate of drug-likeness (QED) is 0.208. The SMILES string of the molecule is c1ccc(-c2cccc(-n3c4ccccc4c4cc(-c5nc(-c6ccccc6)c6c(n5)sc5ccccc56)ccc43)c2)cc1. The van der Waals surface area contributed by atoms with Crippen LogP contribution in [0.1, 0.15) is 0 Å². The second-order valence-electron chi connectivity index (χ2n) is 11.0. The topological polar surface area (TPSA) is 30.7 Å². The summed E-state index contributed by atoms with van der Waals surface area (Å²) in [7, 11) is 0. The van der Waals surface area contributed by atoms with Crippen LogP contribution in [0.25, 0.3) is 81.6 Å². The number of nitrogens with zero attached hydrogens (tertiary/aromatic N) is 3. The van der Waals surface area contributed by atoms with Crippen molar-refractivity contribution in [2.75, 3.05) is 0 Å². The smallest absolute Gasteiger partial charge is 0.161 e. The lowest BCUT2D eigenvalue weighted by molar-refractivity contribution is 1.18. The first-order valence-electron chi connectivity index (χ1n) is 14.8. The molecule has 0 N–H and O–H groups in total. The van der Waals surface area contributed by atoms with Gasteiger partial charge in [-0.1, -0.05) is 109 Å². The molecule has 0 bridgehead atoms. The van der Waals surface area contributed by atoms with Crippen molar-refractivity contribution in [3.8, 4) is 39.5 Å². The summed E-state index contributed by atoms with van der Waals surface area (Å²) < 4.78 is 3.59. The summed E-state index contributed by atoms with van der Waals surface area (Å²) in [6.07, 6.45) is 0. The molecular weight excluding hydrogens is 555 g/mol. The van der Waals surface area contributed by atoms with Crippen LogP contribution in [-0.4, -0.2) is 14.5 Å². The number of hydrogen-bond donors (Lipinski definition) is 0. The second kappa shape index (κ2) is 10.0. The lowest BCUT2D eigenvalue weighted by Gasteiger charge is -2.11. The molecular formula is C40H25N3S. The van der Waals surface area contributed by atoms with E-state index in [1.807, 2.05) is 6.07 Å². The summed E-state index contributed by atoms with van der Waals surface area (Å²) in [6.45, 7) is 0. The highest BCUT2D eigenvalue weighted by atomic mass is 32.1. The zero-order valence-electron chi connectivity index (χ0n) is 23.7. The summed E-state index contributed by atoms with van der Waals surface area (Å²) in [5, 5.41) is 4.72. The van der Waals surface area contributed by atoms with Crippen molar-refractivity contribution in [1.29, 1.82) is 0 Å². The highest BCUT2D eigenvalue weighted by Gasteiger charge is 2.18. The molecule has 0 saturated heterocycles. The van der Waals surface area contributed by atoms with Crippen LogP contribution < -0.4 is 0 Å². The van der Waals surface area contributed by atoms with Crippen molar-refractivity contribution in [2.24, 2.45) is 0 Å².